The lowest BCUT2D eigenvalue weighted by Crippen LogP contribution is -2.33. The number of halogens is 1. The maximum Gasteiger partial charge on any atom is 0.267 e. The number of rotatable bonds is 5. The summed E-state index contributed by atoms with van der Waals surface area (Å²) in [7, 11) is 0. The van der Waals surface area contributed by atoms with Crippen molar-refractivity contribution in [3.8, 4) is 11.3 Å². The maximum atomic E-state index is 12.8. The second-order valence-corrected chi connectivity index (χ2v) is 7.77. The molecule has 0 aliphatic carbocycles. The Morgan fingerprint density at radius 2 is 1.61 bits per heavy atom. The van der Waals surface area contributed by atoms with Crippen molar-refractivity contribution >= 4 is 34.8 Å². The van der Waals surface area contributed by atoms with Crippen LogP contribution in [0.15, 0.2) is 53.3 Å². The first-order valence-electron chi connectivity index (χ1n) is 9.71. The van der Waals surface area contributed by atoms with Gasteiger partial charge in [0.1, 0.15) is 6.04 Å². The van der Waals surface area contributed by atoms with Gasteiger partial charge in [0.15, 0.2) is 0 Å². The van der Waals surface area contributed by atoms with E-state index in [4.69, 9.17) is 11.6 Å². The number of aryl methyl sites for hydroxylation is 2. The van der Waals surface area contributed by atoms with E-state index in [0.717, 1.165) is 15.8 Å². The second kappa shape index (κ2) is 9.14. The Labute approximate surface area is 185 Å². The van der Waals surface area contributed by atoms with Gasteiger partial charge in [0.2, 0.25) is 11.8 Å². The number of nitrogens with zero attached hydrogens (tertiary/aromatic N) is 2. The molecule has 8 heteroatoms. The number of hydrogen-bond acceptors (Lipinski definition) is 4. The fourth-order valence-electron chi connectivity index (χ4n) is 3.04. The van der Waals surface area contributed by atoms with Crippen molar-refractivity contribution in [3.05, 3.63) is 75.0 Å². The lowest BCUT2D eigenvalue weighted by atomic mass is 10.1. The molecule has 0 spiro atoms. The quantitative estimate of drug-likeness (QED) is 0.619. The highest BCUT2D eigenvalue weighted by atomic mass is 35.5. The summed E-state index contributed by atoms with van der Waals surface area (Å²) < 4.78 is 1.14. The van der Waals surface area contributed by atoms with Crippen molar-refractivity contribution in [1.29, 1.82) is 0 Å². The van der Waals surface area contributed by atoms with Crippen molar-refractivity contribution in [2.24, 2.45) is 0 Å². The number of aromatic nitrogens is 2. The average Bonchev–Trinajstić information content (AvgIpc) is 2.72. The van der Waals surface area contributed by atoms with Gasteiger partial charge in [-0.15, -0.1) is 0 Å². The second-order valence-electron chi connectivity index (χ2n) is 7.34. The molecule has 0 saturated heterocycles. The predicted molar refractivity (Wildman–Crippen MR) is 123 cm³/mol. The molecule has 160 valence electrons. The van der Waals surface area contributed by atoms with E-state index in [9.17, 15) is 14.4 Å². The van der Waals surface area contributed by atoms with E-state index in [1.807, 2.05) is 26.0 Å². The summed E-state index contributed by atoms with van der Waals surface area (Å²) in [6, 6.07) is 12.8. The molecule has 0 saturated carbocycles. The summed E-state index contributed by atoms with van der Waals surface area (Å²) in [4.78, 5) is 36.7. The Hall–Kier alpha value is -3.45. The summed E-state index contributed by atoms with van der Waals surface area (Å²) in [6.07, 6.45) is 0. The summed E-state index contributed by atoms with van der Waals surface area (Å²) in [5.74, 6) is -0.570. The lowest BCUT2D eigenvalue weighted by molar-refractivity contribution is -0.119. The van der Waals surface area contributed by atoms with Crippen molar-refractivity contribution in [1.82, 2.24) is 9.78 Å². The Morgan fingerprint density at radius 1 is 0.968 bits per heavy atom. The first-order chi connectivity index (χ1) is 14.7. The van der Waals surface area contributed by atoms with Crippen LogP contribution in [0.2, 0.25) is 5.02 Å². The molecule has 1 atom stereocenters. The van der Waals surface area contributed by atoms with Crippen LogP contribution in [0.5, 0.6) is 0 Å². The number of carbonyl (C=O) groups is 2. The summed E-state index contributed by atoms with van der Waals surface area (Å²) in [6.45, 7) is 6.77. The van der Waals surface area contributed by atoms with Crippen molar-refractivity contribution < 1.29 is 9.59 Å². The topological polar surface area (TPSA) is 93.1 Å². The highest BCUT2D eigenvalue weighted by Gasteiger charge is 2.19. The normalized spacial score (nSPS) is 11.6. The van der Waals surface area contributed by atoms with E-state index in [1.54, 1.807) is 37.3 Å². The molecule has 0 bridgehead atoms. The largest absolute Gasteiger partial charge is 0.326 e. The highest BCUT2D eigenvalue weighted by molar-refractivity contribution is 6.31. The van der Waals surface area contributed by atoms with E-state index in [1.165, 1.54) is 13.0 Å². The molecule has 3 aromatic rings. The molecule has 31 heavy (non-hydrogen) atoms. The van der Waals surface area contributed by atoms with Crippen LogP contribution in [0.1, 0.15) is 31.0 Å². The zero-order valence-electron chi connectivity index (χ0n) is 17.7. The molecule has 3 rings (SSSR count). The molecule has 2 N–H and O–H groups in total. The van der Waals surface area contributed by atoms with Crippen LogP contribution in [-0.2, 0) is 9.59 Å². The number of carbonyl (C=O) groups excluding carboxylic acids is 2. The first-order valence-corrected chi connectivity index (χ1v) is 10.1. The Balaban J connectivity index is 1.92. The number of hydrogen-bond donors (Lipinski definition) is 2. The number of nitrogens with one attached hydrogen (secondary N) is 2. The molecule has 0 aliphatic rings. The fourth-order valence-corrected chi connectivity index (χ4v) is 3.21. The maximum absolute atomic E-state index is 12.8. The van der Waals surface area contributed by atoms with Gasteiger partial charge in [0.25, 0.3) is 5.56 Å². The molecule has 1 aromatic heterocycles. The molecular weight excluding hydrogens is 416 g/mol. The summed E-state index contributed by atoms with van der Waals surface area (Å²) >= 11 is 6.02. The zero-order valence-corrected chi connectivity index (χ0v) is 18.4. The minimum Gasteiger partial charge on any atom is -0.326 e. The van der Waals surface area contributed by atoms with Crippen LogP contribution in [0, 0.1) is 13.8 Å². The van der Waals surface area contributed by atoms with Gasteiger partial charge in [-0.05, 0) is 56.2 Å². The van der Waals surface area contributed by atoms with Crippen LogP contribution in [0.3, 0.4) is 0 Å². The summed E-state index contributed by atoms with van der Waals surface area (Å²) in [5, 5.41) is 10.5. The standard InChI is InChI=1S/C23H23ClN4O3/c1-13-5-7-17(11-20(13)25-16(4)29)19-9-10-22(30)28(27-19)15(3)23(31)26-21-12-18(24)8-6-14(21)2/h5-12,15H,1-4H3,(H,25,29)(H,26,31). The van der Waals surface area contributed by atoms with Crippen molar-refractivity contribution in [2.75, 3.05) is 10.6 Å². The van der Waals surface area contributed by atoms with E-state index in [-0.39, 0.29) is 11.8 Å². The van der Waals surface area contributed by atoms with E-state index < -0.39 is 11.6 Å². The van der Waals surface area contributed by atoms with Crippen LogP contribution in [0.4, 0.5) is 11.4 Å². The highest BCUT2D eigenvalue weighted by Crippen LogP contribution is 2.24. The monoisotopic (exact) mass is 438 g/mol. The molecule has 7 nitrogen and oxygen atoms in total. The zero-order chi connectivity index (χ0) is 22.7. The lowest BCUT2D eigenvalue weighted by Gasteiger charge is -2.16. The van der Waals surface area contributed by atoms with Gasteiger partial charge < -0.3 is 10.6 Å². The van der Waals surface area contributed by atoms with Gasteiger partial charge >= 0.3 is 0 Å². The van der Waals surface area contributed by atoms with Crippen LogP contribution >= 0.6 is 11.6 Å². The molecular formula is C23H23ClN4O3. The van der Waals surface area contributed by atoms with Gasteiger partial charge in [0, 0.05) is 35.0 Å². The number of anilines is 2. The first kappa shape index (κ1) is 22.2. The number of amides is 2. The van der Waals surface area contributed by atoms with E-state index in [2.05, 4.69) is 15.7 Å². The molecule has 2 amide bonds. The fraction of sp³-hybridized carbons (Fsp3) is 0.217. The third-order valence-corrected chi connectivity index (χ3v) is 5.11. The summed E-state index contributed by atoms with van der Waals surface area (Å²) in [5.41, 5.74) is 3.80. The third kappa shape index (κ3) is 5.19. The van der Waals surface area contributed by atoms with Gasteiger partial charge in [-0.25, -0.2) is 4.68 Å². The molecule has 1 heterocycles. The van der Waals surface area contributed by atoms with Crippen molar-refractivity contribution in [3.63, 3.8) is 0 Å². The van der Waals surface area contributed by atoms with Gasteiger partial charge in [-0.3, -0.25) is 14.4 Å². The van der Waals surface area contributed by atoms with Crippen LogP contribution in [-0.4, -0.2) is 21.6 Å². The van der Waals surface area contributed by atoms with Gasteiger partial charge in [0.05, 0.1) is 5.69 Å². The Bertz CT molecular complexity index is 1220. The number of benzene rings is 2. The van der Waals surface area contributed by atoms with Gasteiger partial charge in [-0.2, -0.15) is 5.10 Å². The third-order valence-electron chi connectivity index (χ3n) is 4.87. The molecule has 1 unspecified atom stereocenters. The molecule has 0 radical (unpaired) electrons. The molecule has 2 aromatic carbocycles. The van der Waals surface area contributed by atoms with E-state index in [0.29, 0.717) is 27.7 Å². The van der Waals surface area contributed by atoms with E-state index >= 15 is 0 Å². The minimum atomic E-state index is -0.855. The Kier molecular flexibility index (Phi) is 6.56. The minimum absolute atomic E-state index is 0.181. The SMILES string of the molecule is CC(=O)Nc1cc(-c2ccc(=O)n(C(C)C(=O)Nc3cc(Cl)ccc3C)n2)ccc1C. The van der Waals surface area contributed by atoms with Gasteiger partial charge in [-0.1, -0.05) is 29.8 Å². The smallest absolute Gasteiger partial charge is 0.267 e. The Morgan fingerprint density at radius 3 is 2.29 bits per heavy atom. The average molecular weight is 439 g/mol. The van der Waals surface area contributed by atoms with Crippen LogP contribution in [0.25, 0.3) is 11.3 Å². The van der Waals surface area contributed by atoms with Crippen molar-refractivity contribution in [2.45, 2.75) is 33.7 Å². The molecule has 0 fully saturated rings. The van der Waals surface area contributed by atoms with Crippen LogP contribution < -0.4 is 16.2 Å². The molecule has 0 aliphatic heterocycles. The predicted octanol–water partition coefficient (Wildman–Crippen LogP) is 4.34.